The number of fused-ring (bicyclic) bond motifs is 1. The van der Waals surface area contributed by atoms with Crippen molar-refractivity contribution in [1.82, 2.24) is 20.2 Å². The Labute approximate surface area is 268 Å². The van der Waals surface area contributed by atoms with Crippen molar-refractivity contribution >= 4 is 28.8 Å². The van der Waals surface area contributed by atoms with Crippen LogP contribution in [-0.4, -0.2) is 70.6 Å². The van der Waals surface area contributed by atoms with Crippen molar-refractivity contribution in [3.63, 3.8) is 0 Å². The Morgan fingerprint density at radius 1 is 1.13 bits per heavy atom. The highest BCUT2D eigenvalue weighted by Gasteiger charge is 2.51. The predicted molar refractivity (Wildman–Crippen MR) is 169 cm³/mol. The Bertz CT molecular complexity index is 1490. The normalized spacial score (nSPS) is 23.4. The van der Waals surface area contributed by atoms with Crippen LogP contribution in [0.25, 0.3) is 11.0 Å². The molecule has 2 amide bonds. The summed E-state index contributed by atoms with van der Waals surface area (Å²) in [7, 11) is 1.47. The molecule has 12 heteroatoms. The van der Waals surface area contributed by atoms with E-state index >= 15 is 8.78 Å². The van der Waals surface area contributed by atoms with Crippen LogP contribution in [0, 0.1) is 17.3 Å². The molecule has 4 rings (SSSR count). The summed E-state index contributed by atoms with van der Waals surface area (Å²) in [5.74, 6) is -4.54. The van der Waals surface area contributed by atoms with E-state index in [1.807, 2.05) is 6.92 Å². The van der Waals surface area contributed by atoms with Gasteiger partial charge in [-0.15, -0.1) is 13.2 Å². The lowest BCUT2D eigenvalue weighted by molar-refractivity contribution is -0.141. The van der Waals surface area contributed by atoms with Crippen LogP contribution in [0.3, 0.4) is 0 Å². The highest BCUT2D eigenvalue weighted by atomic mass is 19.3. The molecule has 0 bridgehead atoms. The van der Waals surface area contributed by atoms with Crippen LogP contribution in [0.1, 0.15) is 66.0 Å². The minimum absolute atomic E-state index is 0.0980. The van der Waals surface area contributed by atoms with Crippen LogP contribution in [0.4, 0.5) is 13.6 Å². The van der Waals surface area contributed by atoms with Gasteiger partial charge in [0.1, 0.15) is 24.0 Å². The molecule has 1 saturated carbocycles. The fraction of sp³-hybridized carbons (Fsp3) is 0.559. The number of amides is 2. The zero-order chi connectivity index (χ0) is 34.0. The molecule has 0 spiro atoms. The summed E-state index contributed by atoms with van der Waals surface area (Å²) in [6, 6.07) is 2.72. The van der Waals surface area contributed by atoms with Crippen LogP contribution < -0.4 is 14.8 Å². The molecule has 0 unspecified atom stereocenters. The number of rotatable bonds is 13. The third-order valence-corrected chi connectivity index (χ3v) is 8.58. The van der Waals surface area contributed by atoms with Crippen LogP contribution in [0.5, 0.6) is 11.6 Å². The number of carbonyl (C=O) groups is 3. The Morgan fingerprint density at radius 2 is 1.85 bits per heavy atom. The molecule has 10 nitrogen and oxygen atoms in total. The molecule has 6 atom stereocenters. The van der Waals surface area contributed by atoms with Crippen LogP contribution >= 0.6 is 0 Å². The molecule has 1 saturated heterocycles. The van der Waals surface area contributed by atoms with Crippen molar-refractivity contribution in [1.29, 1.82) is 0 Å². The molecular weight excluding hydrogens is 598 g/mol. The van der Waals surface area contributed by atoms with Crippen molar-refractivity contribution in [2.75, 3.05) is 13.7 Å². The maximum Gasteiger partial charge on any atom is 0.408 e. The molecule has 1 aliphatic heterocycles. The van der Waals surface area contributed by atoms with Crippen molar-refractivity contribution in [2.24, 2.45) is 17.3 Å². The zero-order valence-corrected chi connectivity index (χ0v) is 27.3. The molecule has 2 fully saturated rings. The number of allylic oxidation sites excluding steroid dienone is 2. The van der Waals surface area contributed by atoms with Crippen LogP contribution in [0.2, 0.25) is 0 Å². The lowest BCUT2D eigenvalue weighted by Gasteiger charge is -2.35. The molecule has 2 aromatic rings. The Kier molecular flexibility index (Phi) is 10.4. The van der Waals surface area contributed by atoms with Crippen molar-refractivity contribution in [2.45, 2.75) is 90.5 Å². The summed E-state index contributed by atoms with van der Waals surface area (Å²) in [5, 5.41) is 2.73. The second-order valence-electron chi connectivity index (χ2n) is 13.1. The number of carbonyl (C=O) groups excluding carboxylic acids is 3. The van der Waals surface area contributed by atoms with Gasteiger partial charge in [0.05, 0.1) is 30.7 Å². The first-order valence-corrected chi connectivity index (χ1v) is 15.6. The lowest BCUT2D eigenvalue weighted by Crippen LogP contribution is -2.57. The standard InChI is InChI=1S/C34H44F2N4O6/c1-9-12-20-16-25(20)46-32(43)39-29(33(5,6)7)31(42)40-18-26(22(11-3)27(40)19(4)41)45-30-28(34(35,36)15-10-2)37-23-14-13-21(44-8)17-24(23)38-30/h9-10,13-14,17,20,22,25-27,29H,1-2,11-12,15-16,18H2,3-8H3,(H,39,43)/t20-,22-,25-,26+,27-,29-/m1/s1. The fourth-order valence-corrected chi connectivity index (χ4v) is 6.05. The van der Waals surface area contributed by atoms with Gasteiger partial charge >= 0.3 is 6.09 Å². The number of likely N-dealkylation sites (tertiary alicyclic amines) is 1. The number of ether oxygens (including phenoxy) is 3. The molecule has 2 heterocycles. The van der Waals surface area contributed by atoms with Gasteiger partial charge in [-0.25, -0.2) is 14.8 Å². The number of Topliss-reactive ketones (excluding diaryl/α,β-unsaturated/α-hetero) is 1. The Hall–Kier alpha value is -4.09. The van der Waals surface area contributed by atoms with Gasteiger partial charge in [0, 0.05) is 24.3 Å². The van der Waals surface area contributed by atoms with Crippen molar-refractivity contribution in [3.8, 4) is 11.6 Å². The summed E-state index contributed by atoms with van der Waals surface area (Å²) >= 11 is 0. The fourth-order valence-electron chi connectivity index (χ4n) is 6.05. The van der Waals surface area contributed by atoms with E-state index in [1.165, 1.54) is 25.0 Å². The van der Waals surface area contributed by atoms with E-state index in [4.69, 9.17) is 14.2 Å². The second-order valence-corrected chi connectivity index (χ2v) is 13.1. The zero-order valence-electron chi connectivity index (χ0n) is 27.3. The minimum Gasteiger partial charge on any atom is -0.497 e. The third kappa shape index (κ3) is 7.47. The van der Waals surface area contributed by atoms with E-state index in [-0.39, 0.29) is 35.4 Å². The summed E-state index contributed by atoms with van der Waals surface area (Å²) in [6.07, 6.45) is 2.16. The van der Waals surface area contributed by atoms with Crippen LogP contribution in [0.15, 0.2) is 43.5 Å². The number of nitrogens with zero attached hydrogens (tertiary/aromatic N) is 3. The molecule has 1 aromatic heterocycles. The quantitative estimate of drug-likeness (QED) is 0.265. The number of halogens is 2. The maximum atomic E-state index is 15.4. The molecule has 1 aliphatic carbocycles. The molecule has 2 aliphatic rings. The Balaban J connectivity index is 1.67. The van der Waals surface area contributed by atoms with E-state index in [0.717, 1.165) is 18.9 Å². The van der Waals surface area contributed by atoms with E-state index in [0.29, 0.717) is 12.2 Å². The first kappa shape index (κ1) is 34.8. The molecule has 250 valence electrons. The van der Waals surface area contributed by atoms with E-state index in [2.05, 4.69) is 28.4 Å². The average Bonchev–Trinajstić information content (AvgIpc) is 3.59. The topological polar surface area (TPSA) is 120 Å². The lowest BCUT2D eigenvalue weighted by atomic mass is 9.85. The summed E-state index contributed by atoms with van der Waals surface area (Å²) in [6.45, 7) is 15.7. The predicted octanol–water partition coefficient (Wildman–Crippen LogP) is 5.99. The van der Waals surface area contributed by atoms with Crippen LogP contribution in [-0.2, 0) is 20.2 Å². The first-order valence-electron chi connectivity index (χ1n) is 15.6. The molecule has 46 heavy (non-hydrogen) atoms. The number of nitrogens with one attached hydrogen (secondary N) is 1. The monoisotopic (exact) mass is 642 g/mol. The van der Waals surface area contributed by atoms with Gasteiger partial charge in [0.25, 0.3) is 5.92 Å². The largest absolute Gasteiger partial charge is 0.497 e. The number of alkyl halides is 2. The maximum absolute atomic E-state index is 15.4. The Morgan fingerprint density at radius 3 is 2.43 bits per heavy atom. The number of alkyl carbamates (subject to hydrolysis) is 1. The number of methoxy groups -OCH3 is 1. The van der Waals surface area contributed by atoms with Gasteiger partial charge in [-0.05, 0) is 43.7 Å². The van der Waals surface area contributed by atoms with Gasteiger partial charge in [-0.1, -0.05) is 39.8 Å². The van der Waals surface area contributed by atoms with Gasteiger partial charge in [-0.2, -0.15) is 8.78 Å². The highest BCUT2D eigenvalue weighted by Crippen LogP contribution is 2.41. The van der Waals surface area contributed by atoms with E-state index < -0.39 is 65.4 Å². The van der Waals surface area contributed by atoms with Gasteiger partial charge in [0.15, 0.2) is 11.5 Å². The third-order valence-electron chi connectivity index (χ3n) is 8.58. The molecule has 1 aromatic carbocycles. The molecule has 1 N–H and O–H groups in total. The minimum atomic E-state index is -3.46. The smallest absolute Gasteiger partial charge is 0.408 e. The average molecular weight is 643 g/mol. The van der Waals surface area contributed by atoms with Gasteiger partial charge in [0.2, 0.25) is 11.8 Å². The summed E-state index contributed by atoms with van der Waals surface area (Å²) in [4.78, 5) is 50.2. The van der Waals surface area contributed by atoms with E-state index in [1.54, 1.807) is 39.0 Å². The summed E-state index contributed by atoms with van der Waals surface area (Å²) < 4.78 is 47.9. The first-order chi connectivity index (χ1) is 21.6. The van der Waals surface area contributed by atoms with Gasteiger partial charge < -0.3 is 24.4 Å². The van der Waals surface area contributed by atoms with Gasteiger partial charge in [-0.3, -0.25) is 9.59 Å². The SMILES string of the molecule is C=CC[C@@H]1C[C@H]1OC(=O)N[C@H](C(=O)N1C[C@H](Oc2nc3cc(OC)ccc3nc2C(F)(F)CC=C)[C@@H](CC)[C@H]1C(C)=O)C(C)(C)C. The molecular formula is C34H44F2N4O6. The highest BCUT2D eigenvalue weighted by molar-refractivity contribution is 5.92. The molecule has 0 radical (unpaired) electrons. The number of benzene rings is 1. The number of hydrogen-bond acceptors (Lipinski definition) is 8. The van der Waals surface area contributed by atoms with E-state index in [9.17, 15) is 14.4 Å². The number of hydrogen-bond donors (Lipinski definition) is 1. The summed E-state index contributed by atoms with van der Waals surface area (Å²) in [5.41, 5.74) is -0.936. The number of ketones is 1. The van der Waals surface area contributed by atoms with Crippen molar-refractivity contribution < 1.29 is 37.4 Å². The van der Waals surface area contributed by atoms with Crippen molar-refractivity contribution in [3.05, 3.63) is 49.2 Å². The second kappa shape index (κ2) is 13.7. The number of aromatic nitrogens is 2.